The van der Waals surface area contributed by atoms with Crippen molar-refractivity contribution < 1.29 is 24.6 Å². The fourth-order valence-electron chi connectivity index (χ4n) is 0.882. The molecule has 2 atom stereocenters. The second-order valence-corrected chi connectivity index (χ2v) is 3.83. The van der Waals surface area contributed by atoms with Gasteiger partial charge in [-0.25, -0.2) is 0 Å². The number of carboxylic acid groups (broad SMARTS) is 2. The molecule has 0 aromatic rings. The summed E-state index contributed by atoms with van der Waals surface area (Å²) in [6, 6.07) is -1.72. The molecule has 9 nitrogen and oxygen atoms in total. The molecule has 0 aromatic carbocycles. The van der Waals surface area contributed by atoms with Gasteiger partial charge in [-0.3, -0.25) is 14.4 Å². The van der Waals surface area contributed by atoms with E-state index in [-0.39, 0.29) is 12.8 Å². The van der Waals surface area contributed by atoms with Gasteiger partial charge in [0.25, 0.3) is 0 Å². The zero-order chi connectivity index (χ0) is 15.4. The van der Waals surface area contributed by atoms with Gasteiger partial charge in [-0.15, -0.1) is 0 Å². The lowest BCUT2D eigenvalue weighted by Crippen LogP contribution is -2.31. The second-order valence-electron chi connectivity index (χ2n) is 3.83. The Morgan fingerprint density at radius 1 is 0.947 bits per heavy atom. The lowest BCUT2D eigenvalue weighted by atomic mass is 10.2. The summed E-state index contributed by atoms with van der Waals surface area (Å²) in [5.41, 5.74) is 20.1. The molecule has 0 aliphatic heterocycles. The van der Waals surface area contributed by atoms with Crippen molar-refractivity contribution in [3.63, 3.8) is 0 Å². The van der Waals surface area contributed by atoms with Crippen LogP contribution in [0.25, 0.3) is 0 Å². The molecule has 0 heterocycles. The summed E-state index contributed by atoms with van der Waals surface area (Å²) in [5.74, 6) is -2.60. The zero-order valence-electron chi connectivity index (χ0n) is 10.6. The third kappa shape index (κ3) is 14.2. The van der Waals surface area contributed by atoms with E-state index >= 15 is 0 Å². The Labute approximate surface area is 110 Å². The molecule has 1 amide bonds. The van der Waals surface area contributed by atoms with Crippen LogP contribution in [-0.4, -0.2) is 46.7 Å². The Kier molecular flexibility index (Phi) is 11.8. The molecule has 0 radical (unpaired) electrons. The number of rotatable bonds is 8. The molecule has 112 valence electrons. The van der Waals surface area contributed by atoms with E-state index in [1.807, 2.05) is 0 Å². The number of carbonyl (C=O) groups excluding carboxylic acids is 1. The number of hydrogen-bond donors (Lipinski definition) is 6. The number of amides is 1. The summed E-state index contributed by atoms with van der Waals surface area (Å²) >= 11 is 0. The molecule has 2 unspecified atom stereocenters. The summed E-state index contributed by atoms with van der Waals surface area (Å²) in [6.45, 7) is 0.501. The second kappa shape index (κ2) is 11.4. The van der Waals surface area contributed by atoms with Crippen molar-refractivity contribution in [2.24, 2.45) is 22.9 Å². The van der Waals surface area contributed by atoms with Crippen LogP contribution in [0.5, 0.6) is 0 Å². The van der Waals surface area contributed by atoms with Gasteiger partial charge in [0, 0.05) is 6.42 Å². The molecule has 0 bridgehead atoms. The first-order valence-electron chi connectivity index (χ1n) is 5.67. The Bertz CT molecular complexity index is 298. The topological polar surface area (TPSA) is 196 Å². The standard InChI is InChI=1S/C5H10N2O3.C5H12N2O2/c6-3(5(9)10)1-2-4(7)8;6-3-1-2-4(7)5(8)9/h3H,1-2,6H2,(H2,7,8)(H,9,10);4H,1-3,6-7H2,(H,8,9). The highest BCUT2D eigenvalue weighted by Gasteiger charge is 2.11. The van der Waals surface area contributed by atoms with Gasteiger partial charge in [-0.05, 0) is 25.8 Å². The van der Waals surface area contributed by atoms with Crippen molar-refractivity contribution in [1.29, 1.82) is 0 Å². The number of primary amides is 1. The maximum absolute atomic E-state index is 10.1. The summed E-state index contributed by atoms with van der Waals surface area (Å²) in [7, 11) is 0. The van der Waals surface area contributed by atoms with E-state index in [1.54, 1.807) is 0 Å². The van der Waals surface area contributed by atoms with Crippen molar-refractivity contribution in [3.05, 3.63) is 0 Å². The molecule has 0 saturated carbocycles. The minimum absolute atomic E-state index is 0.0213. The fourth-order valence-corrected chi connectivity index (χ4v) is 0.882. The van der Waals surface area contributed by atoms with Crippen molar-refractivity contribution in [2.75, 3.05) is 6.54 Å². The highest BCUT2D eigenvalue weighted by Crippen LogP contribution is 1.92. The Morgan fingerprint density at radius 3 is 1.68 bits per heavy atom. The van der Waals surface area contributed by atoms with E-state index in [1.165, 1.54) is 0 Å². The number of aliphatic carboxylic acids is 2. The summed E-state index contributed by atoms with van der Waals surface area (Å²) in [6.07, 6.45) is 1.26. The van der Waals surface area contributed by atoms with Crippen LogP contribution in [0, 0.1) is 0 Å². The van der Waals surface area contributed by atoms with Gasteiger partial charge in [0.15, 0.2) is 0 Å². The molecule has 0 aromatic heterocycles. The first-order chi connectivity index (χ1) is 8.72. The van der Waals surface area contributed by atoms with E-state index in [0.717, 1.165) is 0 Å². The van der Waals surface area contributed by atoms with Gasteiger partial charge in [0.1, 0.15) is 12.1 Å². The van der Waals surface area contributed by atoms with E-state index in [4.69, 9.17) is 33.1 Å². The largest absolute Gasteiger partial charge is 0.480 e. The molecule has 19 heavy (non-hydrogen) atoms. The quantitative estimate of drug-likeness (QED) is 0.287. The molecular formula is C10H22N4O5. The van der Waals surface area contributed by atoms with Crippen molar-refractivity contribution >= 4 is 17.8 Å². The molecule has 10 N–H and O–H groups in total. The first-order valence-corrected chi connectivity index (χ1v) is 5.67. The monoisotopic (exact) mass is 278 g/mol. The minimum Gasteiger partial charge on any atom is -0.480 e. The maximum atomic E-state index is 10.1. The minimum atomic E-state index is -1.11. The zero-order valence-corrected chi connectivity index (χ0v) is 10.6. The smallest absolute Gasteiger partial charge is 0.320 e. The van der Waals surface area contributed by atoms with Gasteiger partial charge in [-0.2, -0.15) is 0 Å². The first kappa shape index (κ1) is 19.6. The van der Waals surface area contributed by atoms with E-state index < -0.39 is 29.9 Å². The molecule has 9 heteroatoms. The number of carboxylic acids is 2. The number of carbonyl (C=O) groups is 3. The van der Waals surface area contributed by atoms with E-state index in [0.29, 0.717) is 19.4 Å². The van der Waals surface area contributed by atoms with Crippen molar-refractivity contribution in [3.8, 4) is 0 Å². The molecule has 0 fully saturated rings. The van der Waals surface area contributed by atoms with Crippen LogP contribution < -0.4 is 22.9 Å². The van der Waals surface area contributed by atoms with Gasteiger partial charge in [-0.1, -0.05) is 0 Å². The van der Waals surface area contributed by atoms with Crippen LogP contribution in [0.4, 0.5) is 0 Å². The maximum Gasteiger partial charge on any atom is 0.320 e. The van der Waals surface area contributed by atoms with Crippen LogP contribution in [0.15, 0.2) is 0 Å². The SMILES string of the molecule is NC(=O)CCC(N)C(=O)O.NCCCC(N)C(=O)O. The fraction of sp³-hybridized carbons (Fsp3) is 0.700. The molecule has 0 rings (SSSR count). The molecular weight excluding hydrogens is 256 g/mol. The van der Waals surface area contributed by atoms with Gasteiger partial charge in [0.2, 0.25) is 5.91 Å². The van der Waals surface area contributed by atoms with Gasteiger partial charge < -0.3 is 33.1 Å². The average Bonchev–Trinajstić information content (AvgIpc) is 2.33. The molecule has 0 saturated heterocycles. The third-order valence-corrected chi connectivity index (χ3v) is 2.06. The van der Waals surface area contributed by atoms with Crippen LogP contribution in [0.1, 0.15) is 25.7 Å². The number of hydrogen-bond acceptors (Lipinski definition) is 6. The highest BCUT2D eigenvalue weighted by atomic mass is 16.4. The summed E-state index contributed by atoms with van der Waals surface area (Å²) in [5, 5.41) is 16.5. The van der Waals surface area contributed by atoms with Crippen LogP contribution in [-0.2, 0) is 14.4 Å². The van der Waals surface area contributed by atoms with Crippen LogP contribution >= 0.6 is 0 Å². The third-order valence-electron chi connectivity index (χ3n) is 2.06. The Balaban J connectivity index is 0. The van der Waals surface area contributed by atoms with E-state index in [9.17, 15) is 14.4 Å². The van der Waals surface area contributed by atoms with Gasteiger partial charge >= 0.3 is 11.9 Å². The van der Waals surface area contributed by atoms with E-state index in [2.05, 4.69) is 0 Å². The summed E-state index contributed by atoms with van der Waals surface area (Å²) < 4.78 is 0. The Morgan fingerprint density at radius 2 is 1.37 bits per heavy atom. The molecule has 0 aliphatic rings. The van der Waals surface area contributed by atoms with Crippen molar-refractivity contribution in [2.45, 2.75) is 37.8 Å². The predicted octanol–water partition coefficient (Wildman–Crippen LogP) is -2.20. The van der Waals surface area contributed by atoms with Crippen LogP contribution in [0.3, 0.4) is 0 Å². The van der Waals surface area contributed by atoms with Gasteiger partial charge in [0.05, 0.1) is 0 Å². The molecule has 0 spiro atoms. The predicted molar refractivity (Wildman–Crippen MR) is 67.9 cm³/mol. The molecule has 0 aliphatic carbocycles. The Hall–Kier alpha value is -1.71. The lowest BCUT2D eigenvalue weighted by Gasteiger charge is -2.02. The highest BCUT2D eigenvalue weighted by molar-refractivity contribution is 5.77. The lowest BCUT2D eigenvalue weighted by molar-refractivity contribution is -0.139. The average molecular weight is 278 g/mol. The van der Waals surface area contributed by atoms with Crippen molar-refractivity contribution in [1.82, 2.24) is 0 Å². The summed E-state index contributed by atoms with van der Waals surface area (Å²) in [4.78, 5) is 30.2. The normalized spacial score (nSPS) is 12.8. The number of nitrogens with two attached hydrogens (primary N) is 4. The van der Waals surface area contributed by atoms with Crippen LogP contribution in [0.2, 0.25) is 0 Å².